The molecule has 0 saturated carbocycles. The van der Waals surface area contributed by atoms with Gasteiger partial charge in [0.1, 0.15) is 5.82 Å². The summed E-state index contributed by atoms with van der Waals surface area (Å²) in [5.74, 6) is 1.08. The summed E-state index contributed by atoms with van der Waals surface area (Å²) in [4.78, 5) is 10.8. The average molecular weight is 824 g/mol. The van der Waals surface area contributed by atoms with Crippen molar-refractivity contribution in [3.05, 3.63) is 118 Å². The highest BCUT2D eigenvalue weighted by molar-refractivity contribution is 7.40. The first-order chi connectivity index (χ1) is 28.6. The fourth-order valence-electron chi connectivity index (χ4n) is 11.4. The molecule has 3 aromatic heterocycles. The van der Waals surface area contributed by atoms with Crippen LogP contribution in [0.15, 0.2) is 84.9 Å². The normalized spacial score (nSPS) is 18.9. The molecule has 0 bridgehead atoms. The van der Waals surface area contributed by atoms with Gasteiger partial charge < -0.3 is 4.90 Å². The summed E-state index contributed by atoms with van der Waals surface area (Å²) in [7, 11) is 0. The van der Waals surface area contributed by atoms with Crippen molar-refractivity contribution in [1.29, 1.82) is 0 Å². The van der Waals surface area contributed by atoms with Gasteiger partial charge >= 0.3 is 0 Å². The maximum absolute atomic E-state index is 5.63. The number of benzene rings is 4. The van der Waals surface area contributed by atoms with Gasteiger partial charge in [-0.15, -0.1) is 22.7 Å². The maximum atomic E-state index is 5.63. The molecule has 4 aromatic carbocycles. The number of fused-ring (bicyclic) bond motifs is 10. The molecule has 3 nitrogen and oxygen atoms in total. The van der Waals surface area contributed by atoms with Crippen LogP contribution in [0.1, 0.15) is 134 Å². The van der Waals surface area contributed by atoms with E-state index in [0.29, 0.717) is 0 Å². The molecule has 11 rings (SSSR count). The van der Waals surface area contributed by atoms with Crippen molar-refractivity contribution in [2.75, 3.05) is 9.80 Å². The molecule has 2 aliphatic carbocycles. The van der Waals surface area contributed by atoms with Crippen LogP contribution in [0.4, 0.5) is 34.3 Å². The number of pyridine rings is 1. The Bertz CT molecular complexity index is 2890. The highest BCUT2D eigenvalue weighted by Gasteiger charge is 2.49. The predicted molar refractivity (Wildman–Crippen MR) is 263 cm³/mol. The molecule has 0 atom stereocenters. The van der Waals surface area contributed by atoms with E-state index in [1.165, 1.54) is 130 Å². The molecular formula is C54H58BN3S2. The van der Waals surface area contributed by atoms with E-state index in [4.69, 9.17) is 4.98 Å². The van der Waals surface area contributed by atoms with Gasteiger partial charge in [-0.25, -0.2) is 4.98 Å². The summed E-state index contributed by atoms with van der Waals surface area (Å²) in [6.45, 7) is 24.3. The smallest absolute Gasteiger partial charge is 0.279 e. The molecule has 0 saturated heterocycles. The summed E-state index contributed by atoms with van der Waals surface area (Å²) in [5.41, 5.74) is 16.7. The van der Waals surface area contributed by atoms with Crippen LogP contribution in [0.25, 0.3) is 20.2 Å². The number of anilines is 6. The Morgan fingerprint density at radius 2 is 1.08 bits per heavy atom. The second-order valence-corrected chi connectivity index (χ2v) is 23.4. The highest BCUT2D eigenvalue weighted by atomic mass is 32.1. The third-order valence-corrected chi connectivity index (χ3v) is 17.6. The molecular weight excluding hydrogens is 766 g/mol. The zero-order chi connectivity index (χ0) is 41.7. The fourth-order valence-corrected chi connectivity index (χ4v) is 14.1. The Morgan fingerprint density at radius 1 is 0.600 bits per heavy atom. The van der Waals surface area contributed by atoms with Crippen LogP contribution in [0.5, 0.6) is 0 Å². The summed E-state index contributed by atoms with van der Waals surface area (Å²) in [5, 5.41) is 2.76. The Balaban J connectivity index is 1.26. The van der Waals surface area contributed by atoms with E-state index in [1.807, 2.05) is 22.7 Å². The molecule has 0 spiro atoms. The summed E-state index contributed by atoms with van der Waals surface area (Å²) >= 11 is 4.08. The Hall–Kier alpha value is -4.39. The molecule has 0 amide bonds. The molecule has 0 fully saturated rings. The van der Waals surface area contributed by atoms with Crippen LogP contribution < -0.4 is 24.8 Å². The quantitative estimate of drug-likeness (QED) is 0.161. The largest absolute Gasteiger partial charge is 0.310 e. The first kappa shape index (κ1) is 38.5. The van der Waals surface area contributed by atoms with Crippen LogP contribution in [0.3, 0.4) is 0 Å². The molecule has 60 heavy (non-hydrogen) atoms. The van der Waals surface area contributed by atoms with Gasteiger partial charge in [0.05, 0.1) is 11.4 Å². The van der Waals surface area contributed by atoms with Crippen molar-refractivity contribution in [2.45, 2.75) is 136 Å². The van der Waals surface area contributed by atoms with Gasteiger partial charge in [-0.2, -0.15) is 0 Å². The topological polar surface area (TPSA) is 19.4 Å². The molecule has 0 radical (unpaired) electrons. The van der Waals surface area contributed by atoms with E-state index in [1.54, 1.807) is 0 Å². The fraction of sp³-hybridized carbons (Fsp3) is 0.389. The first-order valence-corrected chi connectivity index (χ1v) is 24.2. The lowest BCUT2D eigenvalue weighted by Crippen LogP contribution is -2.59. The molecule has 304 valence electrons. The predicted octanol–water partition coefficient (Wildman–Crippen LogP) is 13.9. The van der Waals surface area contributed by atoms with E-state index in [-0.39, 0.29) is 28.4 Å². The minimum Gasteiger partial charge on any atom is -0.310 e. The third kappa shape index (κ3) is 5.54. The van der Waals surface area contributed by atoms with E-state index >= 15 is 0 Å². The second-order valence-electron chi connectivity index (χ2n) is 21.2. The lowest BCUT2D eigenvalue weighted by atomic mass is 9.39. The molecule has 5 heterocycles. The number of hydrogen-bond donors (Lipinski definition) is 0. The molecule has 2 aliphatic heterocycles. The minimum atomic E-state index is 0.0686. The van der Waals surface area contributed by atoms with Crippen molar-refractivity contribution < 1.29 is 0 Å². The monoisotopic (exact) mass is 823 g/mol. The van der Waals surface area contributed by atoms with Crippen molar-refractivity contribution in [1.82, 2.24) is 4.98 Å². The minimum absolute atomic E-state index is 0.0686. The number of aromatic nitrogens is 1. The SMILES string of the molecule is CCCCc1ccc(N2c3nc(C)cc4c3B(c3sc5cc6c(cc5c3N4c3ccccc3)C(C)(C)CCC6(C)C)c3sc4cc5c(cc4c32)C(C)(C)CCC5(C)C)cc1. The summed E-state index contributed by atoms with van der Waals surface area (Å²) in [6, 6.07) is 33.5. The van der Waals surface area contributed by atoms with Crippen molar-refractivity contribution in [2.24, 2.45) is 0 Å². The second kappa shape index (κ2) is 13.1. The van der Waals surface area contributed by atoms with Gasteiger partial charge in [-0.1, -0.05) is 99.1 Å². The average Bonchev–Trinajstić information content (AvgIpc) is 3.78. The zero-order valence-electron chi connectivity index (χ0n) is 37.3. The van der Waals surface area contributed by atoms with E-state index in [9.17, 15) is 0 Å². The first-order valence-electron chi connectivity index (χ1n) is 22.6. The zero-order valence-corrected chi connectivity index (χ0v) is 38.9. The summed E-state index contributed by atoms with van der Waals surface area (Å²) in [6.07, 6.45) is 8.33. The van der Waals surface area contributed by atoms with Gasteiger partial charge in [0.25, 0.3) is 6.71 Å². The van der Waals surface area contributed by atoms with Gasteiger partial charge in [0, 0.05) is 52.5 Å². The number of rotatable bonds is 5. The number of nitrogens with zero attached hydrogens (tertiary/aromatic N) is 3. The van der Waals surface area contributed by atoms with Gasteiger partial charge in [-0.3, -0.25) is 4.90 Å². The van der Waals surface area contributed by atoms with Crippen LogP contribution in [0, 0.1) is 6.92 Å². The molecule has 7 aromatic rings. The van der Waals surface area contributed by atoms with E-state index in [2.05, 4.69) is 164 Å². The van der Waals surface area contributed by atoms with Crippen molar-refractivity contribution in [3.63, 3.8) is 0 Å². The Kier molecular flexibility index (Phi) is 8.39. The lowest BCUT2D eigenvalue weighted by Gasteiger charge is -2.43. The van der Waals surface area contributed by atoms with Crippen LogP contribution >= 0.6 is 22.7 Å². The molecule has 0 N–H and O–H groups in total. The summed E-state index contributed by atoms with van der Waals surface area (Å²) < 4.78 is 5.69. The van der Waals surface area contributed by atoms with Crippen LogP contribution in [-0.4, -0.2) is 11.7 Å². The van der Waals surface area contributed by atoms with Crippen molar-refractivity contribution in [3.8, 4) is 0 Å². The van der Waals surface area contributed by atoms with Gasteiger partial charge in [0.2, 0.25) is 0 Å². The third-order valence-electron chi connectivity index (χ3n) is 15.2. The molecule has 4 aliphatic rings. The Labute approximate surface area is 366 Å². The van der Waals surface area contributed by atoms with E-state index < -0.39 is 0 Å². The molecule has 6 heteroatoms. The number of unbranched alkanes of at least 4 members (excludes halogenated alkanes) is 1. The standard InChI is InChI=1S/C54H58BN3S2/c1-11-12-16-33-19-21-35(22-20-33)58-47-37-29-39-41(54(9,10)26-24-52(39,5)6)31-44(37)60-49(47)55-45-42(27-32(2)56-50(45)58)57(34-17-14-13-15-18-34)46-36-28-38-40(30-43(36)59-48(46)55)53(7,8)25-23-51(38,3)4/h13-15,17-22,27-31H,11-12,16,23-26H2,1-10H3. The van der Waals surface area contributed by atoms with Crippen LogP contribution in [-0.2, 0) is 28.1 Å². The highest BCUT2D eigenvalue weighted by Crippen LogP contribution is 2.55. The van der Waals surface area contributed by atoms with Crippen molar-refractivity contribution >= 4 is 98.8 Å². The number of aryl methyl sites for hydroxylation is 2. The molecule has 0 unspecified atom stereocenters. The number of para-hydroxylation sites is 1. The number of thiophene rings is 2. The van der Waals surface area contributed by atoms with E-state index in [0.717, 1.165) is 17.9 Å². The number of hydrogen-bond acceptors (Lipinski definition) is 5. The van der Waals surface area contributed by atoms with Gasteiger partial charge in [0.15, 0.2) is 0 Å². The maximum Gasteiger partial charge on any atom is 0.279 e. The lowest BCUT2D eigenvalue weighted by molar-refractivity contribution is 0.332. The van der Waals surface area contributed by atoms with Crippen LogP contribution in [0.2, 0.25) is 0 Å². The Morgan fingerprint density at radius 3 is 1.60 bits per heavy atom. The van der Waals surface area contributed by atoms with Gasteiger partial charge in [-0.05, 0) is 155 Å².